The van der Waals surface area contributed by atoms with Gasteiger partial charge in [-0.05, 0) is 19.8 Å². The van der Waals surface area contributed by atoms with Crippen LogP contribution in [0, 0.1) is 0 Å². The zero-order valence-electron chi connectivity index (χ0n) is 7.42. The summed E-state index contributed by atoms with van der Waals surface area (Å²) in [7, 11) is 0. The van der Waals surface area contributed by atoms with E-state index in [-0.39, 0.29) is 6.10 Å². The Labute approximate surface area is 67.7 Å². The van der Waals surface area contributed by atoms with Gasteiger partial charge in [-0.2, -0.15) is 0 Å². The molecule has 0 saturated carbocycles. The number of carbonyl (C=O) groups is 1. The summed E-state index contributed by atoms with van der Waals surface area (Å²) in [5, 5.41) is 0. The van der Waals surface area contributed by atoms with Crippen LogP contribution in [0.5, 0.6) is 0 Å². The Morgan fingerprint density at radius 2 is 1.82 bits per heavy atom. The van der Waals surface area contributed by atoms with E-state index in [9.17, 15) is 4.79 Å². The summed E-state index contributed by atoms with van der Waals surface area (Å²) in [6.45, 7) is 6.09. The van der Waals surface area contributed by atoms with Crippen molar-refractivity contribution < 1.29 is 14.3 Å². The Balaban J connectivity index is 3.54. The highest BCUT2D eigenvalue weighted by atomic mass is 16.7. The summed E-state index contributed by atoms with van der Waals surface area (Å²) < 4.78 is 9.54. The molecule has 0 aromatic rings. The summed E-state index contributed by atoms with van der Waals surface area (Å²) in [5.41, 5.74) is 0. The number of rotatable bonds is 4. The fourth-order valence-electron chi connectivity index (χ4n) is 0.743. The lowest BCUT2D eigenvalue weighted by Gasteiger charge is -2.12. The van der Waals surface area contributed by atoms with E-state index in [1.165, 1.54) is 0 Å². The van der Waals surface area contributed by atoms with Crippen LogP contribution in [0.3, 0.4) is 0 Å². The van der Waals surface area contributed by atoms with E-state index in [1.54, 1.807) is 6.92 Å². The van der Waals surface area contributed by atoms with E-state index >= 15 is 0 Å². The van der Waals surface area contributed by atoms with Crippen LogP contribution >= 0.6 is 0 Å². The van der Waals surface area contributed by atoms with Gasteiger partial charge < -0.3 is 9.47 Å². The van der Waals surface area contributed by atoms with Gasteiger partial charge in [-0.15, -0.1) is 0 Å². The maximum atomic E-state index is 10.7. The van der Waals surface area contributed by atoms with Gasteiger partial charge in [0.15, 0.2) is 0 Å². The molecule has 3 nitrogen and oxygen atoms in total. The van der Waals surface area contributed by atoms with Crippen LogP contribution in [0.15, 0.2) is 0 Å². The fourth-order valence-corrected chi connectivity index (χ4v) is 0.743. The molecule has 0 aromatic carbocycles. The van der Waals surface area contributed by atoms with E-state index in [0.717, 1.165) is 12.8 Å². The summed E-state index contributed by atoms with van der Waals surface area (Å²) in [4.78, 5) is 10.7. The number of carbonyl (C=O) groups excluding carboxylic acids is 1. The molecule has 0 spiro atoms. The lowest BCUT2D eigenvalue weighted by molar-refractivity contribution is 0.0238. The first-order valence-corrected chi connectivity index (χ1v) is 4.07. The molecule has 11 heavy (non-hydrogen) atoms. The van der Waals surface area contributed by atoms with Crippen molar-refractivity contribution in [1.82, 2.24) is 0 Å². The second kappa shape index (κ2) is 6.01. The zero-order chi connectivity index (χ0) is 8.69. The molecular formula is C8H16O3. The normalized spacial score (nSPS) is 9.82. The van der Waals surface area contributed by atoms with E-state index in [0.29, 0.717) is 6.61 Å². The third-order valence-corrected chi connectivity index (χ3v) is 1.44. The van der Waals surface area contributed by atoms with Gasteiger partial charge in [-0.3, -0.25) is 0 Å². The third kappa shape index (κ3) is 4.65. The smallest absolute Gasteiger partial charge is 0.435 e. The van der Waals surface area contributed by atoms with Crippen molar-refractivity contribution in [3.05, 3.63) is 0 Å². The van der Waals surface area contributed by atoms with Gasteiger partial charge in [-0.1, -0.05) is 13.8 Å². The molecule has 0 aliphatic rings. The first-order valence-electron chi connectivity index (χ1n) is 4.07. The minimum atomic E-state index is -0.554. The number of hydrogen-bond acceptors (Lipinski definition) is 3. The second-order valence-electron chi connectivity index (χ2n) is 2.24. The van der Waals surface area contributed by atoms with Gasteiger partial charge in [-0.25, -0.2) is 4.79 Å². The monoisotopic (exact) mass is 160 g/mol. The zero-order valence-corrected chi connectivity index (χ0v) is 7.42. The molecule has 0 N–H and O–H groups in total. The first-order chi connectivity index (χ1) is 5.24. The molecule has 0 radical (unpaired) electrons. The summed E-state index contributed by atoms with van der Waals surface area (Å²) in [6, 6.07) is 0. The highest BCUT2D eigenvalue weighted by molar-refractivity contribution is 5.59. The van der Waals surface area contributed by atoms with Crippen molar-refractivity contribution in [3.63, 3.8) is 0 Å². The average Bonchev–Trinajstić information content (AvgIpc) is 2.01. The summed E-state index contributed by atoms with van der Waals surface area (Å²) in [5.74, 6) is 0. The highest BCUT2D eigenvalue weighted by Crippen LogP contribution is 2.03. The molecule has 0 unspecified atom stereocenters. The minimum absolute atomic E-state index is 0.00838. The Hall–Kier alpha value is -0.730. The van der Waals surface area contributed by atoms with Gasteiger partial charge in [0.2, 0.25) is 0 Å². The Morgan fingerprint density at radius 1 is 1.27 bits per heavy atom. The first kappa shape index (κ1) is 10.3. The van der Waals surface area contributed by atoms with Gasteiger partial charge in [0.1, 0.15) is 6.10 Å². The quantitative estimate of drug-likeness (QED) is 0.592. The van der Waals surface area contributed by atoms with Crippen molar-refractivity contribution in [1.29, 1.82) is 0 Å². The predicted octanol–water partition coefficient (Wildman–Crippen LogP) is 2.35. The van der Waals surface area contributed by atoms with Gasteiger partial charge in [0.25, 0.3) is 0 Å². The average molecular weight is 160 g/mol. The molecule has 0 aliphatic heterocycles. The summed E-state index contributed by atoms with van der Waals surface area (Å²) in [6.07, 6.45) is 1.14. The van der Waals surface area contributed by atoms with Gasteiger partial charge in [0, 0.05) is 0 Å². The largest absolute Gasteiger partial charge is 0.508 e. The number of ether oxygens (including phenoxy) is 2. The van der Waals surface area contributed by atoms with Crippen LogP contribution in [-0.2, 0) is 9.47 Å². The Morgan fingerprint density at radius 3 is 2.18 bits per heavy atom. The maximum Gasteiger partial charge on any atom is 0.508 e. The van der Waals surface area contributed by atoms with Crippen molar-refractivity contribution >= 4 is 6.16 Å². The standard InChI is InChI=1S/C8H16O3/c1-4-7(5-2)11-8(9)10-6-3/h7H,4-6H2,1-3H3. The molecule has 0 saturated heterocycles. The van der Waals surface area contributed by atoms with Crippen LogP contribution in [0.4, 0.5) is 4.79 Å². The fraction of sp³-hybridized carbons (Fsp3) is 0.875. The molecule has 0 fully saturated rings. The second-order valence-corrected chi connectivity index (χ2v) is 2.24. The van der Waals surface area contributed by atoms with E-state index in [1.807, 2.05) is 13.8 Å². The molecule has 66 valence electrons. The van der Waals surface area contributed by atoms with Crippen LogP contribution < -0.4 is 0 Å². The molecule has 0 rings (SSSR count). The van der Waals surface area contributed by atoms with Gasteiger partial charge >= 0.3 is 6.16 Å². The molecule has 0 aliphatic carbocycles. The van der Waals surface area contributed by atoms with E-state index in [2.05, 4.69) is 4.74 Å². The van der Waals surface area contributed by atoms with Crippen molar-refractivity contribution in [2.75, 3.05) is 6.61 Å². The molecule has 0 heterocycles. The van der Waals surface area contributed by atoms with Crippen LogP contribution in [0.25, 0.3) is 0 Å². The predicted molar refractivity (Wildman–Crippen MR) is 42.5 cm³/mol. The Bertz CT molecular complexity index is 108. The van der Waals surface area contributed by atoms with Crippen LogP contribution in [-0.4, -0.2) is 18.9 Å². The SMILES string of the molecule is CCOC(=O)OC(CC)CC. The molecular weight excluding hydrogens is 144 g/mol. The van der Waals surface area contributed by atoms with Crippen molar-refractivity contribution in [2.24, 2.45) is 0 Å². The topological polar surface area (TPSA) is 35.5 Å². The highest BCUT2D eigenvalue weighted by Gasteiger charge is 2.09. The van der Waals surface area contributed by atoms with Crippen molar-refractivity contribution in [2.45, 2.75) is 39.7 Å². The maximum absolute atomic E-state index is 10.7. The lowest BCUT2D eigenvalue weighted by Crippen LogP contribution is -2.17. The van der Waals surface area contributed by atoms with Crippen LogP contribution in [0.2, 0.25) is 0 Å². The summed E-state index contributed by atoms with van der Waals surface area (Å²) >= 11 is 0. The third-order valence-electron chi connectivity index (χ3n) is 1.44. The van der Waals surface area contributed by atoms with E-state index in [4.69, 9.17) is 4.74 Å². The molecule has 3 heteroatoms. The van der Waals surface area contributed by atoms with E-state index < -0.39 is 6.16 Å². The molecule has 0 atom stereocenters. The lowest BCUT2D eigenvalue weighted by atomic mass is 10.2. The molecule has 0 aromatic heterocycles. The minimum Gasteiger partial charge on any atom is -0.435 e. The van der Waals surface area contributed by atoms with Crippen LogP contribution in [0.1, 0.15) is 33.6 Å². The number of hydrogen-bond donors (Lipinski definition) is 0. The molecule has 0 amide bonds. The Kier molecular flexibility index (Phi) is 5.61. The molecule has 0 bridgehead atoms. The van der Waals surface area contributed by atoms with Gasteiger partial charge in [0.05, 0.1) is 6.61 Å². The van der Waals surface area contributed by atoms with Crippen molar-refractivity contribution in [3.8, 4) is 0 Å².